The average Bonchev–Trinajstić information content (AvgIpc) is 2.26. The molecule has 0 saturated carbocycles. The molecule has 0 spiro atoms. The van der Waals surface area contributed by atoms with Crippen LogP contribution in [0.2, 0.25) is 5.02 Å². The summed E-state index contributed by atoms with van der Waals surface area (Å²) in [5.74, 6) is -1.39. The number of nitrogens with zero attached hydrogens (tertiary/aromatic N) is 1. The molecule has 0 fully saturated rings. The zero-order chi connectivity index (χ0) is 14.6. The van der Waals surface area contributed by atoms with Gasteiger partial charge >= 0.3 is 12.1 Å². The van der Waals surface area contributed by atoms with Crippen LogP contribution in [0.25, 0.3) is 0 Å². The van der Waals surface area contributed by atoms with Crippen LogP contribution < -0.4 is 4.90 Å². The van der Waals surface area contributed by atoms with Gasteiger partial charge in [-0.1, -0.05) is 11.6 Å². The van der Waals surface area contributed by atoms with Crippen molar-refractivity contribution in [2.75, 3.05) is 24.6 Å². The third kappa shape index (κ3) is 4.60. The number of alkyl halides is 3. The van der Waals surface area contributed by atoms with Crippen LogP contribution in [0.5, 0.6) is 0 Å². The maximum atomic E-state index is 12.4. The molecule has 8 heteroatoms. The highest BCUT2D eigenvalue weighted by Crippen LogP contribution is 2.27. The summed E-state index contributed by atoms with van der Waals surface area (Å²) in [6, 6.07) is 3.55. The summed E-state index contributed by atoms with van der Waals surface area (Å²) in [6.45, 7) is -2.21. The van der Waals surface area contributed by atoms with Crippen LogP contribution in [0.4, 0.5) is 18.9 Å². The number of halogens is 4. The van der Waals surface area contributed by atoms with E-state index in [2.05, 4.69) is 0 Å². The van der Waals surface area contributed by atoms with Crippen LogP contribution >= 0.6 is 11.6 Å². The van der Waals surface area contributed by atoms with E-state index < -0.39 is 25.3 Å². The van der Waals surface area contributed by atoms with Crippen molar-refractivity contribution in [1.82, 2.24) is 0 Å². The van der Waals surface area contributed by atoms with Gasteiger partial charge < -0.3 is 15.1 Å². The predicted molar refractivity (Wildman–Crippen MR) is 63.8 cm³/mol. The van der Waals surface area contributed by atoms with E-state index in [1.54, 1.807) is 0 Å². The molecule has 4 nitrogen and oxygen atoms in total. The van der Waals surface area contributed by atoms with Crippen LogP contribution in [-0.4, -0.2) is 42.1 Å². The Morgan fingerprint density at radius 3 is 2.47 bits per heavy atom. The van der Waals surface area contributed by atoms with Crippen molar-refractivity contribution < 1.29 is 28.2 Å². The van der Waals surface area contributed by atoms with Crippen molar-refractivity contribution in [2.45, 2.75) is 6.18 Å². The number of rotatable bonds is 5. The Morgan fingerprint density at radius 1 is 1.37 bits per heavy atom. The van der Waals surface area contributed by atoms with E-state index >= 15 is 0 Å². The number of aliphatic hydroxyl groups is 1. The molecule has 106 valence electrons. The topological polar surface area (TPSA) is 60.8 Å². The summed E-state index contributed by atoms with van der Waals surface area (Å²) in [4.78, 5) is 11.8. The van der Waals surface area contributed by atoms with Gasteiger partial charge in [0.25, 0.3) is 0 Å². The summed E-state index contributed by atoms with van der Waals surface area (Å²) in [7, 11) is 0. The highest BCUT2D eigenvalue weighted by atomic mass is 35.5. The number of aromatic carboxylic acids is 1. The van der Waals surface area contributed by atoms with Crippen molar-refractivity contribution in [1.29, 1.82) is 0 Å². The number of carboxylic acids is 1. The minimum atomic E-state index is -4.51. The fourth-order valence-electron chi connectivity index (χ4n) is 1.58. The molecule has 0 bridgehead atoms. The number of hydrogen-bond donors (Lipinski definition) is 2. The Kier molecular flexibility index (Phi) is 5.02. The molecule has 0 amide bonds. The first-order valence-electron chi connectivity index (χ1n) is 5.20. The molecule has 0 atom stereocenters. The van der Waals surface area contributed by atoms with Crippen LogP contribution in [0, 0.1) is 0 Å². The first-order chi connectivity index (χ1) is 8.74. The van der Waals surface area contributed by atoms with Crippen LogP contribution in [0.15, 0.2) is 18.2 Å². The van der Waals surface area contributed by atoms with Gasteiger partial charge in [0.05, 0.1) is 17.9 Å². The third-order valence-corrected chi connectivity index (χ3v) is 2.50. The van der Waals surface area contributed by atoms with Gasteiger partial charge in [-0.3, -0.25) is 0 Å². The van der Waals surface area contributed by atoms with E-state index in [9.17, 15) is 18.0 Å². The van der Waals surface area contributed by atoms with E-state index in [4.69, 9.17) is 21.8 Å². The molecule has 0 aromatic heterocycles. The second-order valence-corrected chi connectivity index (χ2v) is 4.16. The van der Waals surface area contributed by atoms with E-state index in [-0.39, 0.29) is 22.8 Å². The van der Waals surface area contributed by atoms with Crippen LogP contribution in [0.1, 0.15) is 10.4 Å². The van der Waals surface area contributed by atoms with Crippen molar-refractivity contribution in [3.05, 3.63) is 28.8 Å². The lowest BCUT2D eigenvalue weighted by atomic mass is 10.1. The molecule has 0 heterocycles. The molecule has 0 unspecified atom stereocenters. The Bertz CT molecular complexity index is 465. The summed E-state index contributed by atoms with van der Waals surface area (Å²) < 4.78 is 37.3. The van der Waals surface area contributed by atoms with E-state index in [0.717, 1.165) is 11.0 Å². The highest BCUT2D eigenvalue weighted by Gasteiger charge is 2.32. The number of carbonyl (C=O) groups is 1. The molecule has 1 rings (SSSR count). The van der Waals surface area contributed by atoms with Gasteiger partial charge in [0, 0.05) is 11.6 Å². The number of anilines is 1. The van der Waals surface area contributed by atoms with E-state index in [1.165, 1.54) is 12.1 Å². The van der Waals surface area contributed by atoms with Gasteiger partial charge in [-0.05, 0) is 18.2 Å². The van der Waals surface area contributed by atoms with Crippen LogP contribution in [0.3, 0.4) is 0 Å². The average molecular weight is 298 g/mol. The molecule has 0 aliphatic rings. The lowest BCUT2D eigenvalue weighted by Crippen LogP contribution is -2.37. The SMILES string of the molecule is O=C(O)c1cc(Cl)ccc1N(CCO)CC(F)(F)F. The Hall–Kier alpha value is -1.47. The standard InChI is InChI=1S/C11H11ClF3NO3/c12-7-1-2-9(8(5-7)10(18)19)16(3-4-17)6-11(13,14)15/h1-2,5,17H,3-4,6H2,(H,18,19). The fourth-order valence-corrected chi connectivity index (χ4v) is 1.75. The molecule has 1 aromatic carbocycles. The molecule has 0 radical (unpaired) electrons. The van der Waals surface area contributed by atoms with Gasteiger partial charge in [0.2, 0.25) is 0 Å². The molecule has 19 heavy (non-hydrogen) atoms. The minimum Gasteiger partial charge on any atom is -0.478 e. The number of carboxylic acid groups (broad SMARTS) is 1. The number of hydrogen-bond acceptors (Lipinski definition) is 3. The first-order valence-corrected chi connectivity index (χ1v) is 5.58. The van der Waals surface area contributed by atoms with Crippen molar-refractivity contribution >= 4 is 23.3 Å². The molecule has 0 saturated heterocycles. The lowest BCUT2D eigenvalue weighted by Gasteiger charge is -2.26. The second kappa shape index (κ2) is 6.12. The zero-order valence-electron chi connectivity index (χ0n) is 9.62. The summed E-state index contributed by atoms with van der Waals surface area (Å²) in [5, 5.41) is 17.9. The molecule has 1 aromatic rings. The second-order valence-electron chi connectivity index (χ2n) is 3.73. The maximum Gasteiger partial charge on any atom is 0.405 e. The predicted octanol–water partition coefficient (Wildman–Crippen LogP) is 2.40. The normalized spacial score (nSPS) is 11.4. The van der Waals surface area contributed by atoms with E-state index in [1.807, 2.05) is 0 Å². The fraction of sp³-hybridized carbons (Fsp3) is 0.364. The van der Waals surface area contributed by atoms with Crippen molar-refractivity contribution in [3.63, 3.8) is 0 Å². The molecular weight excluding hydrogens is 287 g/mol. The van der Waals surface area contributed by atoms with Crippen molar-refractivity contribution in [3.8, 4) is 0 Å². The number of aliphatic hydroxyl groups excluding tert-OH is 1. The van der Waals surface area contributed by atoms with Crippen LogP contribution in [-0.2, 0) is 0 Å². The van der Waals surface area contributed by atoms with Crippen molar-refractivity contribution in [2.24, 2.45) is 0 Å². The van der Waals surface area contributed by atoms with Gasteiger partial charge in [-0.15, -0.1) is 0 Å². The van der Waals surface area contributed by atoms with E-state index in [0.29, 0.717) is 0 Å². The van der Waals surface area contributed by atoms with Gasteiger partial charge in [0.15, 0.2) is 0 Å². The highest BCUT2D eigenvalue weighted by molar-refractivity contribution is 6.31. The Morgan fingerprint density at radius 2 is 2.00 bits per heavy atom. The third-order valence-electron chi connectivity index (χ3n) is 2.27. The maximum absolute atomic E-state index is 12.4. The van der Waals surface area contributed by atoms with Gasteiger partial charge in [-0.2, -0.15) is 13.2 Å². The smallest absolute Gasteiger partial charge is 0.405 e. The summed E-state index contributed by atoms with van der Waals surface area (Å²) in [5.41, 5.74) is -0.478. The van der Waals surface area contributed by atoms with Gasteiger partial charge in [-0.25, -0.2) is 4.79 Å². The molecule has 0 aliphatic carbocycles. The summed E-state index contributed by atoms with van der Waals surface area (Å²) in [6.07, 6.45) is -4.51. The number of benzene rings is 1. The Labute approximate surface area is 112 Å². The largest absolute Gasteiger partial charge is 0.478 e. The molecule has 0 aliphatic heterocycles. The lowest BCUT2D eigenvalue weighted by molar-refractivity contribution is -0.119. The zero-order valence-corrected chi connectivity index (χ0v) is 10.4. The Balaban J connectivity index is 3.18. The molecular formula is C11H11ClF3NO3. The summed E-state index contributed by atoms with van der Waals surface area (Å²) >= 11 is 5.62. The quantitative estimate of drug-likeness (QED) is 0.876. The minimum absolute atomic E-state index is 0.108. The van der Waals surface area contributed by atoms with Gasteiger partial charge in [0.1, 0.15) is 6.54 Å². The first kappa shape index (κ1) is 15.6. The molecule has 2 N–H and O–H groups in total. The monoisotopic (exact) mass is 297 g/mol.